The van der Waals surface area contributed by atoms with Gasteiger partial charge in [0.2, 0.25) is 5.91 Å². The van der Waals surface area contributed by atoms with Crippen molar-refractivity contribution in [2.24, 2.45) is 5.73 Å². The fraction of sp³-hybridized carbons (Fsp3) is 0.562. The minimum absolute atomic E-state index is 0.357. The van der Waals surface area contributed by atoms with Gasteiger partial charge in [-0.3, -0.25) is 9.69 Å². The number of benzene rings is 1. The Kier molecular flexibility index (Phi) is 9.81. The maximum Gasteiger partial charge on any atom is 0.248 e. The van der Waals surface area contributed by atoms with Crippen molar-refractivity contribution in [1.82, 2.24) is 4.90 Å². The van der Waals surface area contributed by atoms with Crippen molar-refractivity contribution in [2.45, 2.75) is 47.1 Å². The van der Waals surface area contributed by atoms with Crippen LogP contribution in [0.25, 0.3) is 0 Å². The number of primary amides is 1. The number of nitrogens with two attached hydrogens (primary N) is 1. The highest BCUT2D eigenvalue weighted by molar-refractivity contribution is 5.92. The second-order valence-corrected chi connectivity index (χ2v) is 4.34. The fourth-order valence-electron chi connectivity index (χ4n) is 1.98. The van der Waals surface area contributed by atoms with Gasteiger partial charge in [0.1, 0.15) is 0 Å². The number of nitrogens with zero attached hydrogens (tertiary/aromatic N) is 1. The van der Waals surface area contributed by atoms with E-state index >= 15 is 0 Å². The lowest BCUT2D eigenvalue weighted by Crippen LogP contribution is -2.25. The number of hydrogen-bond acceptors (Lipinski definition) is 2. The van der Waals surface area contributed by atoms with Crippen molar-refractivity contribution in [3.8, 4) is 0 Å². The van der Waals surface area contributed by atoms with Crippen LogP contribution in [-0.4, -0.2) is 23.9 Å². The zero-order valence-electron chi connectivity index (χ0n) is 12.8. The van der Waals surface area contributed by atoms with Crippen LogP contribution in [0.2, 0.25) is 0 Å². The van der Waals surface area contributed by atoms with Gasteiger partial charge in [0.05, 0.1) is 0 Å². The Morgan fingerprint density at radius 2 is 1.74 bits per heavy atom. The molecule has 0 aliphatic heterocycles. The summed E-state index contributed by atoms with van der Waals surface area (Å²) < 4.78 is 0. The summed E-state index contributed by atoms with van der Waals surface area (Å²) in [7, 11) is 0. The highest BCUT2D eigenvalue weighted by Gasteiger charge is 2.06. The highest BCUT2D eigenvalue weighted by Crippen LogP contribution is 2.09. The molecule has 0 aliphatic carbocycles. The number of amides is 1. The fourth-order valence-corrected chi connectivity index (χ4v) is 1.98. The Labute approximate surface area is 117 Å². The normalized spacial score (nSPS) is 9.95. The number of hydrogen-bond donors (Lipinski definition) is 1. The molecule has 0 radical (unpaired) electrons. The second kappa shape index (κ2) is 10.6. The first-order valence-corrected chi connectivity index (χ1v) is 7.28. The molecule has 1 amide bonds. The molecule has 0 saturated heterocycles. The zero-order valence-corrected chi connectivity index (χ0v) is 12.8. The van der Waals surface area contributed by atoms with E-state index in [1.54, 1.807) is 6.07 Å². The molecule has 0 heterocycles. The van der Waals surface area contributed by atoms with E-state index in [4.69, 9.17) is 5.73 Å². The lowest BCUT2D eigenvalue weighted by atomic mass is 10.1. The van der Waals surface area contributed by atoms with Gasteiger partial charge in [-0.15, -0.1) is 0 Å². The van der Waals surface area contributed by atoms with Crippen LogP contribution in [0.3, 0.4) is 0 Å². The Morgan fingerprint density at radius 1 is 1.16 bits per heavy atom. The van der Waals surface area contributed by atoms with Crippen LogP contribution in [0.1, 0.15) is 56.5 Å². The second-order valence-electron chi connectivity index (χ2n) is 4.34. The van der Waals surface area contributed by atoms with Gasteiger partial charge < -0.3 is 5.73 Å². The molecule has 0 bridgehead atoms. The average Bonchev–Trinajstić information content (AvgIpc) is 2.42. The van der Waals surface area contributed by atoms with Gasteiger partial charge in [0.15, 0.2) is 0 Å². The van der Waals surface area contributed by atoms with Crippen molar-refractivity contribution in [3.63, 3.8) is 0 Å². The minimum atomic E-state index is -0.357. The summed E-state index contributed by atoms with van der Waals surface area (Å²) in [4.78, 5) is 13.5. The minimum Gasteiger partial charge on any atom is -0.366 e. The molecule has 0 fully saturated rings. The average molecular weight is 264 g/mol. The molecule has 2 N–H and O–H groups in total. The summed E-state index contributed by atoms with van der Waals surface area (Å²) in [5.41, 5.74) is 7.03. The van der Waals surface area contributed by atoms with Crippen molar-refractivity contribution in [2.75, 3.05) is 13.1 Å². The van der Waals surface area contributed by atoms with E-state index in [0.29, 0.717) is 5.56 Å². The smallest absolute Gasteiger partial charge is 0.248 e. The van der Waals surface area contributed by atoms with Crippen molar-refractivity contribution >= 4 is 5.91 Å². The van der Waals surface area contributed by atoms with Gasteiger partial charge in [-0.1, -0.05) is 39.8 Å². The van der Waals surface area contributed by atoms with E-state index in [2.05, 4.69) is 18.7 Å². The molecular weight excluding hydrogens is 236 g/mol. The first-order valence-electron chi connectivity index (χ1n) is 7.28. The van der Waals surface area contributed by atoms with Crippen molar-refractivity contribution in [3.05, 3.63) is 35.4 Å². The van der Waals surface area contributed by atoms with E-state index in [9.17, 15) is 4.79 Å². The summed E-state index contributed by atoms with van der Waals surface area (Å²) in [5.74, 6) is -0.357. The first-order chi connectivity index (χ1) is 9.17. The predicted molar refractivity (Wildman–Crippen MR) is 82.2 cm³/mol. The van der Waals surface area contributed by atoms with Crippen LogP contribution in [0, 0.1) is 0 Å². The molecule has 1 aromatic rings. The Hall–Kier alpha value is -1.35. The van der Waals surface area contributed by atoms with Gasteiger partial charge in [0, 0.05) is 12.1 Å². The van der Waals surface area contributed by atoms with Crippen LogP contribution >= 0.6 is 0 Å². The predicted octanol–water partition coefficient (Wildman–Crippen LogP) is 3.43. The van der Waals surface area contributed by atoms with E-state index in [0.717, 1.165) is 38.0 Å². The Balaban J connectivity index is 0.00000154. The summed E-state index contributed by atoms with van der Waals surface area (Å²) >= 11 is 0. The van der Waals surface area contributed by atoms with E-state index in [1.807, 2.05) is 32.0 Å². The SMILES string of the molecule is CC.CCCN(CCC)Cc1cccc(C(N)=O)c1. The third-order valence-electron chi connectivity index (χ3n) is 2.70. The maximum absolute atomic E-state index is 11.1. The summed E-state index contributed by atoms with van der Waals surface area (Å²) in [5, 5.41) is 0. The maximum atomic E-state index is 11.1. The van der Waals surface area contributed by atoms with Crippen LogP contribution < -0.4 is 5.73 Å². The molecule has 0 unspecified atom stereocenters. The molecular formula is C16H28N2O. The topological polar surface area (TPSA) is 46.3 Å². The van der Waals surface area contributed by atoms with Gasteiger partial charge in [-0.05, 0) is 43.6 Å². The standard InChI is InChI=1S/C14H22N2O.C2H6/c1-3-8-16(9-4-2)11-12-6-5-7-13(10-12)14(15)17;1-2/h5-7,10H,3-4,8-9,11H2,1-2H3,(H2,15,17);1-2H3. The number of carbonyl (C=O) groups excluding carboxylic acids is 1. The van der Waals surface area contributed by atoms with Gasteiger partial charge in [-0.2, -0.15) is 0 Å². The largest absolute Gasteiger partial charge is 0.366 e. The molecule has 0 aromatic heterocycles. The quantitative estimate of drug-likeness (QED) is 0.820. The van der Waals surface area contributed by atoms with Gasteiger partial charge in [0.25, 0.3) is 0 Å². The Bertz CT molecular complexity index is 358. The lowest BCUT2D eigenvalue weighted by molar-refractivity contribution is 0.1000. The van der Waals surface area contributed by atoms with Crippen LogP contribution in [0.15, 0.2) is 24.3 Å². The number of carbonyl (C=O) groups is 1. The van der Waals surface area contributed by atoms with Crippen LogP contribution in [0.5, 0.6) is 0 Å². The van der Waals surface area contributed by atoms with E-state index < -0.39 is 0 Å². The third-order valence-corrected chi connectivity index (χ3v) is 2.70. The van der Waals surface area contributed by atoms with Crippen LogP contribution in [-0.2, 0) is 6.54 Å². The molecule has 1 aromatic carbocycles. The molecule has 108 valence electrons. The van der Waals surface area contributed by atoms with Gasteiger partial charge in [-0.25, -0.2) is 0 Å². The summed E-state index contributed by atoms with van der Waals surface area (Å²) in [6, 6.07) is 7.59. The Morgan fingerprint density at radius 3 is 2.21 bits per heavy atom. The van der Waals surface area contributed by atoms with E-state index in [1.165, 1.54) is 0 Å². The molecule has 0 saturated carbocycles. The highest BCUT2D eigenvalue weighted by atomic mass is 16.1. The third kappa shape index (κ3) is 6.97. The zero-order chi connectivity index (χ0) is 14.7. The number of rotatable bonds is 7. The first kappa shape index (κ1) is 17.6. The van der Waals surface area contributed by atoms with E-state index in [-0.39, 0.29) is 5.91 Å². The van der Waals surface area contributed by atoms with Crippen molar-refractivity contribution in [1.29, 1.82) is 0 Å². The molecule has 3 heteroatoms. The lowest BCUT2D eigenvalue weighted by Gasteiger charge is -2.21. The molecule has 1 rings (SSSR count). The molecule has 19 heavy (non-hydrogen) atoms. The van der Waals surface area contributed by atoms with Crippen LogP contribution in [0.4, 0.5) is 0 Å². The molecule has 0 spiro atoms. The van der Waals surface area contributed by atoms with Crippen molar-refractivity contribution < 1.29 is 4.79 Å². The molecule has 3 nitrogen and oxygen atoms in total. The monoisotopic (exact) mass is 264 g/mol. The van der Waals surface area contributed by atoms with Gasteiger partial charge >= 0.3 is 0 Å². The summed E-state index contributed by atoms with van der Waals surface area (Å²) in [6.07, 6.45) is 2.30. The molecule has 0 atom stereocenters. The summed E-state index contributed by atoms with van der Waals surface area (Å²) in [6.45, 7) is 11.4. The molecule has 0 aliphatic rings.